The molecule has 0 fully saturated rings. The fraction of sp³-hybridized carbons (Fsp3) is 0.233. The van der Waals surface area contributed by atoms with Gasteiger partial charge in [-0.05, 0) is 49.7 Å². The second kappa shape index (κ2) is 10.9. The van der Waals surface area contributed by atoms with E-state index in [2.05, 4.69) is 15.6 Å². The van der Waals surface area contributed by atoms with Crippen molar-refractivity contribution >= 4 is 40.3 Å². The minimum absolute atomic E-state index is 0.0491. The van der Waals surface area contributed by atoms with Crippen LogP contribution in [0.25, 0.3) is 11.1 Å². The summed E-state index contributed by atoms with van der Waals surface area (Å²) in [5.74, 6) is 0.967. The van der Waals surface area contributed by atoms with E-state index in [1.54, 1.807) is 49.2 Å². The predicted molar refractivity (Wildman–Crippen MR) is 157 cm³/mol. The maximum Gasteiger partial charge on any atom is 0.363 e. The molecule has 1 aliphatic rings. The number of para-hydroxylation sites is 2. The standard InChI is InChI=1S/C30H30N4O5S/c1-30(2)29(36)34(3)27-21(15-31-22-8-6-7-9-25(22)37-4)19(12-13-23(27)33-30)20-11-10-18(14-26(20)38-5)39-28(35)24-16-40-17-32-24/h6-14,16-17,31,33H,15H2,1-5H3. The van der Waals surface area contributed by atoms with Crippen LogP contribution in [0.3, 0.4) is 0 Å². The van der Waals surface area contributed by atoms with Crippen LogP contribution >= 0.6 is 11.3 Å². The van der Waals surface area contributed by atoms with Crippen molar-refractivity contribution in [3.8, 4) is 28.4 Å². The van der Waals surface area contributed by atoms with Gasteiger partial charge in [0.1, 0.15) is 22.8 Å². The number of esters is 1. The number of carbonyl (C=O) groups is 2. The van der Waals surface area contributed by atoms with E-state index in [0.29, 0.717) is 23.8 Å². The van der Waals surface area contributed by atoms with Crippen LogP contribution in [0, 0.1) is 0 Å². The van der Waals surface area contributed by atoms with Crippen molar-refractivity contribution < 1.29 is 23.8 Å². The fourth-order valence-electron chi connectivity index (χ4n) is 4.87. The highest BCUT2D eigenvalue weighted by atomic mass is 32.1. The van der Waals surface area contributed by atoms with E-state index in [1.807, 2.05) is 56.3 Å². The normalized spacial score (nSPS) is 13.7. The molecule has 1 aromatic heterocycles. The van der Waals surface area contributed by atoms with E-state index in [0.717, 1.165) is 33.8 Å². The Labute approximate surface area is 236 Å². The lowest BCUT2D eigenvalue weighted by atomic mass is 9.91. The molecule has 0 bridgehead atoms. The predicted octanol–water partition coefficient (Wildman–Crippen LogP) is 5.83. The van der Waals surface area contributed by atoms with E-state index in [9.17, 15) is 9.59 Å². The smallest absolute Gasteiger partial charge is 0.363 e. The number of nitrogens with one attached hydrogen (secondary N) is 2. The Balaban J connectivity index is 1.58. The molecule has 5 rings (SSSR count). The number of aromatic nitrogens is 1. The Morgan fingerprint density at radius 2 is 1.80 bits per heavy atom. The number of rotatable bonds is 8. The third kappa shape index (κ3) is 5.05. The number of anilines is 3. The summed E-state index contributed by atoms with van der Waals surface area (Å²) in [5.41, 5.74) is 6.03. The number of thiazole rings is 1. The molecule has 1 amide bonds. The Hall–Kier alpha value is -4.57. The molecule has 1 aliphatic heterocycles. The number of carbonyl (C=O) groups excluding carboxylic acids is 2. The number of fused-ring (bicyclic) bond motifs is 1. The zero-order valence-corrected chi connectivity index (χ0v) is 23.7. The highest BCUT2D eigenvalue weighted by Crippen LogP contribution is 2.45. The molecule has 0 atom stereocenters. The first-order valence-corrected chi connectivity index (χ1v) is 13.6. The summed E-state index contributed by atoms with van der Waals surface area (Å²) < 4.78 is 16.8. The molecule has 3 aromatic carbocycles. The van der Waals surface area contributed by atoms with Gasteiger partial charge in [0.05, 0.1) is 36.8 Å². The molecule has 0 aliphatic carbocycles. The van der Waals surface area contributed by atoms with Crippen LogP contribution in [-0.4, -0.2) is 43.7 Å². The van der Waals surface area contributed by atoms with Crippen molar-refractivity contribution in [1.82, 2.24) is 4.98 Å². The maximum atomic E-state index is 13.3. The SMILES string of the molecule is COc1ccccc1NCc1c(-c2ccc(OC(=O)c3cscn3)cc2OC)ccc2c1N(C)C(=O)C(C)(C)N2. The minimum Gasteiger partial charge on any atom is -0.496 e. The summed E-state index contributed by atoms with van der Waals surface area (Å²) >= 11 is 1.32. The van der Waals surface area contributed by atoms with Gasteiger partial charge in [0.15, 0.2) is 5.69 Å². The molecular formula is C30H30N4O5S. The van der Waals surface area contributed by atoms with Crippen LogP contribution in [-0.2, 0) is 11.3 Å². The molecule has 9 nitrogen and oxygen atoms in total. The number of likely N-dealkylation sites (N-methyl/N-ethyl adjacent to an activating group) is 1. The number of hydrogen-bond donors (Lipinski definition) is 2. The molecule has 2 N–H and O–H groups in total. The van der Waals surface area contributed by atoms with E-state index in [1.165, 1.54) is 11.3 Å². The van der Waals surface area contributed by atoms with Crippen LogP contribution in [0.4, 0.5) is 17.1 Å². The summed E-state index contributed by atoms with van der Waals surface area (Å²) in [6.07, 6.45) is 0. The molecule has 0 unspecified atom stereocenters. The number of nitrogens with zero attached hydrogens (tertiary/aromatic N) is 2. The molecule has 0 saturated carbocycles. The van der Waals surface area contributed by atoms with Gasteiger partial charge in [-0.15, -0.1) is 11.3 Å². The first-order chi connectivity index (χ1) is 19.2. The number of methoxy groups -OCH3 is 2. The summed E-state index contributed by atoms with van der Waals surface area (Å²) in [5, 5.41) is 8.51. The number of amides is 1. The van der Waals surface area contributed by atoms with Crippen molar-refractivity contribution in [2.45, 2.75) is 25.9 Å². The molecule has 10 heteroatoms. The molecule has 0 radical (unpaired) electrons. The van der Waals surface area contributed by atoms with Crippen molar-refractivity contribution in [3.63, 3.8) is 0 Å². The maximum absolute atomic E-state index is 13.3. The number of benzene rings is 3. The topological polar surface area (TPSA) is 102 Å². The van der Waals surface area contributed by atoms with Gasteiger partial charge in [-0.1, -0.05) is 18.2 Å². The van der Waals surface area contributed by atoms with Crippen LogP contribution in [0.15, 0.2) is 65.5 Å². The highest BCUT2D eigenvalue weighted by Gasteiger charge is 2.38. The average Bonchev–Trinajstić information content (AvgIpc) is 3.50. The number of hydrogen-bond acceptors (Lipinski definition) is 9. The Morgan fingerprint density at radius 3 is 2.52 bits per heavy atom. The van der Waals surface area contributed by atoms with Gasteiger partial charge in [0.2, 0.25) is 0 Å². The fourth-order valence-corrected chi connectivity index (χ4v) is 5.39. The lowest BCUT2D eigenvalue weighted by Gasteiger charge is -2.40. The lowest BCUT2D eigenvalue weighted by molar-refractivity contribution is -0.121. The van der Waals surface area contributed by atoms with E-state index in [-0.39, 0.29) is 11.6 Å². The molecule has 40 heavy (non-hydrogen) atoms. The summed E-state index contributed by atoms with van der Waals surface area (Å²) in [4.78, 5) is 31.5. The van der Waals surface area contributed by atoms with E-state index in [4.69, 9.17) is 14.2 Å². The third-order valence-electron chi connectivity index (χ3n) is 6.78. The van der Waals surface area contributed by atoms with E-state index < -0.39 is 11.5 Å². The van der Waals surface area contributed by atoms with Gasteiger partial charge in [-0.3, -0.25) is 4.79 Å². The van der Waals surface area contributed by atoms with Gasteiger partial charge >= 0.3 is 5.97 Å². The first-order valence-electron chi connectivity index (χ1n) is 12.6. The minimum atomic E-state index is -0.753. The molecule has 4 aromatic rings. The molecular weight excluding hydrogens is 528 g/mol. The zero-order chi connectivity index (χ0) is 28.4. The van der Waals surface area contributed by atoms with Crippen LogP contribution in [0.5, 0.6) is 17.2 Å². The van der Waals surface area contributed by atoms with Crippen molar-refractivity contribution in [2.24, 2.45) is 0 Å². The summed E-state index contributed by atoms with van der Waals surface area (Å²) in [7, 11) is 4.98. The summed E-state index contributed by atoms with van der Waals surface area (Å²) in [6, 6.07) is 16.9. The lowest BCUT2D eigenvalue weighted by Crippen LogP contribution is -2.52. The largest absolute Gasteiger partial charge is 0.496 e. The monoisotopic (exact) mass is 558 g/mol. The Bertz CT molecular complexity index is 1570. The van der Waals surface area contributed by atoms with Gasteiger partial charge in [0, 0.05) is 36.2 Å². The second-order valence-corrected chi connectivity index (χ2v) is 10.5. The molecule has 0 spiro atoms. The zero-order valence-electron chi connectivity index (χ0n) is 22.9. The van der Waals surface area contributed by atoms with Gasteiger partial charge in [-0.25, -0.2) is 9.78 Å². The molecule has 2 heterocycles. The quantitative estimate of drug-likeness (QED) is 0.206. The Kier molecular flexibility index (Phi) is 7.36. The van der Waals surface area contributed by atoms with Crippen LogP contribution in [0.1, 0.15) is 29.9 Å². The van der Waals surface area contributed by atoms with Crippen molar-refractivity contribution in [2.75, 3.05) is 36.8 Å². The average molecular weight is 559 g/mol. The molecule has 0 saturated heterocycles. The van der Waals surface area contributed by atoms with Gasteiger partial charge in [0.25, 0.3) is 5.91 Å². The first kappa shape index (κ1) is 27.0. The Morgan fingerprint density at radius 1 is 1.05 bits per heavy atom. The van der Waals surface area contributed by atoms with E-state index >= 15 is 0 Å². The van der Waals surface area contributed by atoms with Crippen molar-refractivity contribution in [1.29, 1.82) is 0 Å². The van der Waals surface area contributed by atoms with Crippen LogP contribution in [0.2, 0.25) is 0 Å². The van der Waals surface area contributed by atoms with Gasteiger partial charge < -0.3 is 29.7 Å². The van der Waals surface area contributed by atoms with Crippen LogP contribution < -0.4 is 29.7 Å². The third-order valence-corrected chi connectivity index (χ3v) is 7.37. The molecule has 206 valence electrons. The number of ether oxygens (including phenoxy) is 3. The highest BCUT2D eigenvalue weighted by molar-refractivity contribution is 7.07. The van der Waals surface area contributed by atoms with Gasteiger partial charge in [-0.2, -0.15) is 0 Å². The second-order valence-electron chi connectivity index (χ2n) is 9.78. The van der Waals surface area contributed by atoms with Crippen molar-refractivity contribution in [3.05, 3.63) is 76.7 Å². The summed E-state index contributed by atoms with van der Waals surface area (Å²) in [6.45, 7) is 4.12.